The number of methoxy groups -OCH3 is 2. The van der Waals surface area contributed by atoms with E-state index in [-0.39, 0.29) is 17.1 Å². The van der Waals surface area contributed by atoms with Crippen LogP contribution in [0.3, 0.4) is 0 Å². The maximum Gasteiger partial charge on any atom is 0.259 e. The molecular weight excluding hydrogens is 424 g/mol. The maximum absolute atomic E-state index is 12.8. The molecule has 9 heteroatoms. The van der Waals surface area contributed by atoms with Crippen LogP contribution in [0.2, 0.25) is 0 Å². The van der Waals surface area contributed by atoms with Crippen molar-refractivity contribution in [3.63, 3.8) is 0 Å². The molecule has 1 saturated heterocycles. The number of fused-ring (bicyclic) bond motifs is 1. The van der Waals surface area contributed by atoms with Gasteiger partial charge in [-0.2, -0.15) is 0 Å². The number of nitrogens with zero attached hydrogens (tertiary/aromatic N) is 2. The Hall–Kier alpha value is -2.36. The van der Waals surface area contributed by atoms with Crippen LogP contribution in [0.25, 0.3) is 21.2 Å². The zero-order valence-corrected chi connectivity index (χ0v) is 18.8. The van der Waals surface area contributed by atoms with Crippen LogP contribution in [0, 0.1) is 0 Å². The molecule has 0 saturated carbocycles. The van der Waals surface area contributed by atoms with E-state index in [9.17, 15) is 13.2 Å². The molecular formula is C21H24N2O5S2. The van der Waals surface area contributed by atoms with Crippen molar-refractivity contribution >= 4 is 31.3 Å². The molecule has 0 radical (unpaired) electrons. The van der Waals surface area contributed by atoms with Crippen molar-refractivity contribution in [2.24, 2.45) is 7.05 Å². The summed E-state index contributed by atoms with van der Waals surface area (Å²) in [5.41, 5.74) is 1.84. The van der Waals surface area contributed by atoms with Gasteiger partial charge in [0.1, 0.15) is 0 Å². The van der Waals surface area contributed by atoms with Crippen LogP contribution < -0.4 is 15.0 Å². The predicted molar refractivity (Wildman–Crippen MR) is 120 cm³/mol. The molecule has 0 N–H and O–H groups in total. The number of ether oxygens (including phenoxy) is 2. The van der Waals surface area contributed by atoms with E-state index in [4.69, 9.17) is 9.47 Å². The minimum Gasteiger partial charge on any atom is -0.493 e. The van der Waals surface area contributed by atoms with Gasteiger partial charge in [-0.15, -0.1) is 11.3 Å². The highest BCUT2D eigenvalue weighted by molar-refractivity contribution is 7.91. The molecule has 160 valence electrons. The first kappa shape index (κ1) is 20.9. The molecule has 0 unspecified atom stereocenters. The smallest absolute Gasteiger partial charge is 0.259 e. The van der Waals surface area contributed by atoms with Crippen molar-refractivity contribution in [3.8, 4) is 22.6 Å². The second-order valence-electron chi connectivity index (χ2n) is 7.41. The number of rotatable bonds is 5. The Morgan fingerprint density at radius 2 is 1.77 bits per heavy atom. The van der Waals surface area contributed by atoms with Gasteiger partial charge in [0, 0.05) is 48.0 Å². The van der Waals surface area contributed by atoms with Crippen LogP contribution in [-0.2, 0) is 23.4 Å². The summed E-state index contributed by atoms with van der Waals surface area (Å²) in [6.45, 7) is 1.69. The van der Waals surface area contributed by atoms with Crippen molar-refractivity contribution < 1.29 is 17.9 Å². The molecule has 0 amide bonds. The van der Waals surface area contributed by atoms with Crippen LogP contribution in [-0.4, -0.2) is 56.7 Å². The van der Waals surface area contributed by atoms with Crippen molar-refractivity contribution in [1.82, 2.24) is 9.47 Å². The zero-order chi connectivity index (χ0) is 21.5. The van der Waals surface area contributed by atoms with Crippen molar-refractivity contribution in [3.05, 3.63) is 45.7 Å². The first-order chi connectivity index (χ1) is 14.3. The highest BCUT2D eigenvalue weighted by Crippen LogP contribution is 2.37. The molecule has 0 atom stereocenters. The topological polar surface area (TPSA) is 77.8 Å². The van der Waals surface area contributed by atoms with Crippen LogP contribution in [0.1, 0.15) is 4.88 Å². The number of aryl methyl sites for hydroxylation is 1. The number of thiophene rings is 1. The van der Waals surface area contributed by atoms with Crippen LogP contribution >= 0.6 is 11.3 Å². The van der Waals surface area contributed by atoms with E-state index < -0.39 is 9.84 Å². The fraction of sp³-hybridized carbons (Fsp3) is 0.381. The van der Waals surface area contributed by atoms with Gasteiger partial charge in [0.05, 0.1) is 31.1 Å². The molecule has 7 nitrogen and oxygen atoms in total. The zero-order valence-electron chi connectivity index (χ0n) is 17.2. The average molecular weight is 449 g/mol. The quantitative estimate of drug-likeness (QED) is 0.597. The summed E-state index contributed by atoms with van der Waals surface area (Å²) in [5, 5.41) is 0.675. The molecule has 1 aliphatic heterocycles. The lowest BCUT2D eigenvalue weighted by Crippen LogP contribution is -2.39. The molecule has 4 rings (SSSR count). The molecule has 1 aromatic carbocycles. The molecule has 1 fully saturated rings. The SMILES string of the molecule is COc1ccc(-c2cn(C)c(=O)c3cc(CN4CCS(=O)(=O)CC4)sc23)cc1OC. The van der Waals surface area contributed by atoms with Crippen molar-refractivity contribution in [2.75, 3.05) is 38.8 Å². The van der Waals surface area contributed by atoms with E-state index in [0.717, 1.165) is 20.7 Å². The number of pyridine rings is 1. The Bertz CT molecular complexity index is 1250. The first-order valence-corrected chi connectivity index (χ1v) is 12.2. The second-order valence-corrected chi connectivity index (χ2v) is 10.9. The fourth-order valence-electron chi connectivity index (χ4n) is 3.72. The number of sulfone groups is 1. The molecule has 0 bridgehead atoms. The predicted octanol–water partition coefficient (Wildman–Crippen LogP) is 2.51. The Balaban J connectivity index is 1.75. The van der Waals surface area contributed by atoms with Gasteiger partial charge < -0.3 is 14.0 Å². The van der Waals surface area contributed by atoms with Crippen LogP contribution in [0.5, 0.6) is 11.5 Å². The molecule has 1 aliphatic rings. The Labute approximate surface area is 179 Å². The van der Waals surface area contributed by atoms with E-state index in [0.29, 0.717) is 36.5 Å². The van der Waals surface area contributed by atoms with Gasteiger partial charge in [0.15, 0.2) is 21.3 Å². The number of hydrogen-bond donors (Lipinski definition) is 0. The van der Waals surface area contributed by atoms with Gasteiger partial charge in [0.25, 0.3) is 5.56 Å². The summed E-state index contributed by atoms with van der Waals surface area (Å²) in [4.78, 5) is 15.9. The summed E-state index contributed by atoms with van der Waals surface area (Å²) in [6.07, 6.45) is 1.85. The van der Waals surface area contributed by atoms with E-state index >= 15 is 0 Å². The Morgan fingerprint density at radius 1 is 1.07 bits per heavy atom. The van der Waals surface area contributed by atoms with Crippen molar-refractivity contribution in [2.45, 2.75) is 6.54 Å². The standard InChI is InChI=1S/C21H24N2O5S2/c1-22-13-17(14-4-5-18(27-2)19(10-14)28-3)20-16(21(22)24)11-15(29-20)12-23-6-8-30(25,26)9-7-23/h4-5,10-11,13H,6-9,12H2,1-3H3. The largest absolute Gasteiger partial charge is 0.493 e. The van der Waals surface area contributed by atoms with E-state index in [1.807, 2.05) is 30.5 Å². The Morgan fingerprint density at radius 3 is 2.43 bits per heavy atom. The van der Waals surface area contributed by atoms with E-state index in [1.54, 1.807) is 37.2 Å². The first-order valence-electron chi connectivity index (χ1n) is 9.58. The average Bonchev–Trinajstić information content (AvgIpc) is 3.15. The summed E-state index contributed by atoms with van der Waals surface area (Å²) < 4.78 is 36.7. The maximum atomic E-state index is 12.8. The summed E-state index contributed by atoms with van der Waals surface area (Å²) in [6, 6.07) is 7.66. The number of aromatic nitrogens is 1. The second kappa shape index (κ2) is 8.05. The molecule has 0 aliphatic carbocycles. The lowest BCUT2D eigenvalue weighted by atomic mass is 10.1. The summed E-state index contributed by atoms with van der Waals surface area (Å²) >= 11 is 1.58. The van der Waals surface area contributed by atoms with Gasteiger partial charge in [-0.25, -0.2) is 8.42 Å². The summed E-state index contributed by atoms with van der Waals surface area (Å²) in [5.74, 6) is 1.66. The normalized spacial score (nSPS) is 16.6. The third-order valence-corrected chi connectivity index (χ3v) is 8.17. The van der Waals surface area contributed by atoms with Crippen LogP contribution in [0.4, 0.5) is 0 Å². The lowest BCUT2D eigenvalue weighted by molar-refractivity contribution is 0.290. The van der Waals surface area contributed by atoms with Gasteiger partial charge >= 0.3 is 0 Å². The van der Waals surface area contributed by atoms with Gasteiger partial charge in [-0.3, -0.25) is 9.69 Å². The van der Waals surface area contributed by atoms with Crippen molar-refractivity contribution in [1.29, 1.82) is 0 Å². The molecule has 0 spiro atoms. The Kier molecular flexibility index (Phi) is 5.61. The third-order valence-electron chi connectivity index (χ3n) is 5.41. The number of benzene rings is 1. The highest BCUT2D eigenvalue weighted by Gasteiger charge is 2.23. The third kappa shape index (κ3) is 3.97. The van der Waals surface area contributed by atoms with Gasteiger partial charge in [-0.05, 0) is 23.8 Å². The highest BCUT2D eigenvalue weighted by atomic mass is 32.2. The molecule has 3 aromatic rings. The molecule has 2 aromatic heterocycles. The van der Waals surface area contributed by atoms with Gasteiger partial charge in [-0.1, -0.05) is 6.07 Å². The number of hydrogen-bond acceptors (Lipinski definition) is 7. The minimum atomic E-state index is -2.91. The fourth-order valence-corrected chi connectivity index (χ4v) is 6.22. The lowest BCUT2D eigenvalue weighted by Gasteiger charge is -2.25. The molecule has 30 heavy (non-hydrogen) atoms. The van der Waals surface area contributed by atoms with E-state index in [1.165, 1.54) is 0 Å². The van der Waals surface area contributed by atoms with Gasteiger partial charge in [0.2, 0.25) is 0 Å². The minimum absolute atomic E-state index is 0.0436. The molecule has 3 heterocycles. The van der Waals surface area contributed by atoms with E-state index in [2.05, 4.69) is 4.90 Å². The monoisotopic (exact) mass is 448 g/mol. The summed E-state index contributed by atoms with van der Waals surface area (Å²) in [7, 11) is 2.03. The van der Waals surface area contributed by atoms with Crippen LogP contribution in [0.15, 0.2) is 35.3 Å².